The highest BCUT2D eigenvalue weighted by Gasteiger charge is 2.13. The maximum absolute atomic E-state index is 10.9. The summed E-state index contributed by atoms with van der Waals surface area (Å²) in [6.07, 6.45) is 2.90. The molecule has 0 spiro atoms. The van der Waals surface area contributed by atoms with Gasteiger partial charge in [0.15, 0.2) is 5.65 Å². The maximum atomic E-state index is 10.9. The van der Waals surface area contributed by atoms with Crippen molar-refractivity contribution in [3.63, 3.8) is 0 Å². The average Bonchev–Trinajstić information content (AvgIpc) is 2.97. The molecule has 9 heteroatoms. The van der Waals surface area contributed by atoms with E-state index in [9.17, 15) is 9.59 Å². The molecule has 0 atom stereocenters. The molecule has 2 heterocycles. The molecule has 0 unspecified atom stereocenters. The monoisotopic (exact) mass is 330 g/mol. The number of aromatic carboxylic acids is 1. The van der Waals surface area contributed by atoms with Crippen LogP contribution in [0.4, 0.5) is 0 Å². The van der Waals surface area contributed by atoms with E-state index in [0.29, 0.717) is 21.7 Å². The zero-order valence-electron chi connectivity index (χ0n) is 11.6. The van der Waals surface area contributed by atoms with Crippen LogP contribution in [0, 0.1) is 0 Å². The molecule has 0 aliphatic rings. The van der Waals surface area contributed by atoms with Gasteiger partial charge in [-0.3, -0.25) is 4.79 Å². The summed E-state index contributed by atoms with van der Waals surface area (Å²) in [4.78, 5) is 29.8. The minimum absolute atomic E-state index is 0.107. The normalized spacial score (nSPS) is 10.8. The van der Waals surface area contributed by atoms with E-state index in [4.69, 9.17) is 10.2 Å². The molecule has 8 nitrogen and oxygen atoms in total. The largest absolute Gasteiger partial charge is 0.481 e. The van der Waals surface area contributed by atoms with Crippen LogP contribution in [-0.2, 0) is 4.79 Å². The topological polar surface area (TPSA) is 118 Å². The van der Waals surface area contributed by atoms with Gasteiger partial charge in [-0.25, -0.2) is 19.4 Å². The third-order valence-corrected chi connectivity index (χ3v) is 4.01. The van der Waals surface area contributed by atoms with Gasteiger partial charge in [0.25, 0.3) is 0 Å². The summed E-state index contributed by atoms with van der Waals surface area (Å²) in [5.41, 5.74) is 1.35. The SMILES string of the molecule is O=C(O)CSc1ncnc2c1cnn2-c1ccc(C(=O)O)cc1. The van der Waals surface area contributed by atoms with E-state index in [2.05, 4.69) is 15.1 Å². The van der Waals surface area contributed by atoms with Crippen molar-refractivity contribution < 1.29 is 19.8 Å². The molecule has 1 aromatic carbocycles. The van der Waals surface area contributed by atoms with Gasteiger partial charge in [-0.1, -0.05) is 11.8 Å². The second kappa shape index (κ2) is 6.05. The molecule has 0 amide bonds. The average molecular weight is 330 g/mol. The number of benzene rings is 1. The number of aliphatic carboxylic acids is 1. The third-order valence-electron chi connectivity index (χ3n) is 3.02. The van der Waals surface area contributed by atoms with Crippen LogP contribution in [0.25, 0.3) is 16.7 Å². The first-order valence-corrected chi connectivity index (χ1v) is 7.42. The van der Waals surface area contributed by atoms with Crippen molar-refractivity contribution in [1.82, 2.24) is 19.7 Å². The lowest BCUT2D eigenvalue weighted by Gasteiger charge is -2.04. The van der Waals surface area contributed by atoms with Crippen LogP contribution in [-0.4, -0.2) is 47.7 Å². The second-order valence-electron chi connectivity index (χ2n) is 4.51. The zero-order chi connectivity index (χ0) is 16.4. The van der Waals surface area contributed by atoms with Gasteiger partial charge in [-0.15, -0.1) is 0 Å². The van der Waals surface area contributed by atoms with Gasteiger partial charge in [0.2, 0.25) is 0 Å². The minimum Gasteiger partial charge on any atom is -0.481 e. The number of carbonyl (C=O) groups is 2. The fourth-order valence-electron chi connectivity index (χ4n) is 2.00. The van der Waals surface area contributed by atoms with Gasteiger partial charge in [0.1, 0.15) is 11.4 Å². The Balaban J connectivity index is 2.00. The van der Waals surface area contributed by atoms with Crippen molar-refractivity contribution in [2.45, 2.75) is 5.03 Å². The summed E-state index contributed by atoms with van der Waals surface area (Å²) in [7, 11) is 0. The summed E-state index contributed by atoms with van der Waals surface area (Å²) in [5.74, 6) is -2.04. The number of thioether (sulfide) groups is 1. The standard InChI is InChI=1S/C14H10N4O4S/c19-11(20)6-23-13-10-5-17-18(12(10)15-7-16-13)9-3-1-8(2-4-9)14(21)22/h1-5,7H,6H2,(H,19,20)(H,21,22). The molecule has 3 aromatic rings. The number of hydrogen-bond donors (Lipinski definition) is 2. The van der Waals surface area contributed by atoms with Crippen LogP contribution in [0.3, 0.4) is 0 Å². The van der Waals surface area contributed by atoms with E-state index in [1.165, 1.54) is 18.5 Å². The van der Waals surface area contributed by atoms with Gasteiger partial charge in [0.05, 0.1) is 28.6 Å². The number of fused-ring (bicyclic) bond motifs is 1. The van der Waals surface area contributed by atoms with Crippen LogP contribution < -0.4 is 0 Å². The van der Waals surface area contributed by atoms with E-state index in [1.807, 2.05) is 0 Å². The van der Waals surface area contributed by atoms with Crippen molar-refractivity contribution in [3.8, 4) is 5.69 Å². The summed E-state index contributed by atoms with van der Waals surface area (Å²) in [6, 6.07) is 6.21. The lowest BCUT2D eigenvalue weighted by atomic mass is 10.2. The number of hydrogen-bond acceptors (Lipinski definition) is 6. The molecular formula is C14H10N4O4S. The predicted octanol–water partition coefficient (Wildman–Crippen LogP) is 1.69. The molecule has 116 valence electrons. The molecule has 2 N–H and O–H groups in total. The highest BCUT2D eigenvalue weighted by Crippen LogP contribution is 2.25. The molecule has 2 aromatic heterocycles. The summed E-state index contributed by atoms with van der Waals surface area (Å²) in [6.45, 7) is 0. The molecule has 23 heavy (non-hydrogen) atoms. The van der Waals surface area contributed by atoms with Crippen LogP contribution in [0.15, 0.2) is 41.8 Å². The maximum Gasteiger partial charge on any atom is 0.335 e. The second-order valence-corrected chi connectivity index (χ2v) is 5.47. The number of aromatic nitrogens is 4. The third kappa shape index (κ3) is 2.99. The van der Waals surface area contributed by atoms with Gasteiger partial charge in [0, 0.05) is 0 Å². The van der Waals surface area contributed by atoms with Gasteiger partial charge < -0.3 is 10.2 Å². The Labute approximate surface area is 133 Å². The van der Waals surface area contributed by atoms with Crippen molar-refractivity contribution in [2.75, 3.05) is 5.75 Å². The number of carboxylic acids is 2. The zero-order valence-corrected chi connectivity index (χ0v) is 12.4. The first-order valence-electron chi connectivity index (χ1n) is 6.43. The van der Waals surface area contributed by atoms with Crippen molar-refractivity contribution in [3.05, 3.63) is 42.4 Å². The smallest absolute Gasteiger partial charge is 0.335 e. The van der Waals surface area contributed by atoms with Crippen molar-refractivity contribution in [1.29, 1.82) is 0 Å². The first-order chi connectivity index (χ1) is 11.1. The van der Waals surface area contributed by atoms with Crippen LogP contribution in [0.5, 0.6) is 0 Å². The quantitative estimate of drug-likeness (QED) is 0.536. The fourth-order valence-corrected chi connectivity index (χ4v) is 2.68. The first kappa shape index (κ1) is 15.0. The van der Waals surface area contributed by atoms with E-state index in [1.54, 1.807) is 23.0 Å². The Morgan fingerprint density at radius 3 is 2.52 bits per heavy atom. The Morgan fingerprint density at radius 1 is 1.13 bits per heavy atom. The molecule has 0 bridgehead atoms. The Morgan fingerprint density at radius 2 is 1.87 bits per heavy atom. The summed E-state index contributed by atoms with van der Waals surface area (Å²) >= 11 is 1.09. The van der Waals surface area contributed by atoms with Crippen LogP contribution in [0.2, 0.25) is 0 Å². The molecule has 0 saturated heterocycles. The number of nitrogens with zero attached hydrogens (tertiary/aromatic N) is 4. The number of rotatable bonds is 5. The Bertz CT molecular complexity index is 891. The van der Waals surface area contributed by atoms with Crippen molar-refractivity contribution >= 4 is 34.7 Å². The van der Waals surface area contributed by atoms with E-state index in [0.717, 1.165) is 11.8 Å². The lowest BCUT2D eigenvalue weighted by molar-refractivity contribution is -0.133. The molecular weight excluding hydrogens is 320 g/mol. The van der Waals surface area contributed by atoms with Crippen LogP contribution >= 0.6 is 11.8 Å². The highest BCUT2D eigenvalue weighted by atomic mass is 32.2. The molecule has 0 aliphatic heterocycles. The lowest BCUT2D eigenvalue weighted by Crippen LogP contribution is -2.01. The van der Waals surface area contributed by atoms with Gasteiger partial charge >= 0.3 is 11.9 Å². The van der Waals surface area contributed by atoms with Gasteiger partial charge in [-0.2, -0.15) is 5.10 Å². The molecule has 3 rings (SSSR count). The predicted molar refractivity (Wildman–Crippen MR) is 82.0 cm³/mol. The molecule has 0 aliphatic carbocycles. The summed E-state index contributed by atoms with van der Waals surface area (Å²) < 4.78 is 1.55. The molecule has 0 saturated carbocycles. The number of carboxylic acid groups (broad SMARTS) is 2. The van der Waals surface area contributed by atoms with E-state index >= 15 is 0 Å². The van der Waals surface area contributed by atoms with E-state index < -0.39 is 11.9 Å². The van der Waals surface area contributed by atoms with E-state index in [-0.39, 0.29) is 11.3 Å². The fraction of sp³-hybridized carbons (Fsp3) is 0.0714. The summed E-state index contributed by atoms with van der Waals surface area (Å²) in [5, 5.41) is 23.1. The van der Waals surface area contributed by atoms with Crippen molar-refractivity contribution in [2.24, 2.45) is 0 Å². The molecule has 0 fully saturated rings. The Hall–Kier alpha value is -2.94. The van der Waals surface area contributed by atoms with Crippen LogP contribution in [0.1, 0.15) is 10.4 Å². The highest BCUT2D eigenvalue weighted by molar-refractivity contribution is 8.00. The molecule has 0 radical (unpaired) electrons. The minimum atomic E-state index is -1.00. The van der Waals surface area contributed by atoms with Gasteiger partial charge in [-0.05, 0) is 24.3 Å². The Kier molecular flexibility index (Phi) is 3.94.